The van der Waals surface area contributed by atoms with Gasteiger partial charge in [-0.15, -0.1) is 0 Å². The van der Waals surface area contributed by atoms with Gasteiger partial charge in [0.25, 0.3) is 0 Å². The second-order valence-electron chi connectivity index (χ2n) is 9.00. The summed E-state index contributed by atoms with van der Waals surface area (Å²) in [6.45, 7) is 8.86. The highest BCUT2D eigenvalue weighted by Crippen LogP contribution is 2.47. The van der Waals surface area contributed by atoms with E-state index in [0.717, 1.165) is 6.42 Å². The van der Waals surface area contributed by atoms with Gasteiger partial charge < -0.3 is 4.57 Å². The van der Waals surface area contributed by atoms with Crippen molar-refractivity contribution in [1.29, 1.82) is 0 Å². The molecule has 1 aromatic heterocycles. The zero-order chi connectivity index (χ0) is 19.6. The lowest BCUT2D eigenvalue weighted by Crippen LogP contribution is -2.34. The normalized spacial score (nSPS) is 22.1. The summed E-state index contributed by atoms with van der Waals surface area (Å²) in [6, 6.07) is 15.0. The van der Waals surface area contributed by atoms with Crippen molar-refractivity contribution in [1.82, 2.24) is 9.47 Å². The van der Waals surface area contributed by atoms with Crippen molar-refractivity contribution in [2.75, 3.05) is 7.05 Å². The molecule has 0 amide bonds. The van der Waals surface area contributed by atoms with E-state index in [1.165, 1.54) is 57.3 Å². The average Bonchev–Trinajstić information content (AvgIpc) is 3.05. The maximum absolute atomic E-state index is 2.62. The molecule has 0 saturated carbocycles. The molecule has 0 aliphatic carbocycles. The molecule has 3 heterocycles. The Labute approximate surface area is 168 Å². The van der Waals surface area contributed by atoms with E-state index < -0.39 is 0 Å². The molecule has 2 heteroatoms. The predicted octanol–water partition coefficient (Wildman–Crippen LogP) is 6.28. The number of likely N-dealkylation sites (N-methyl/N-ethyl adjacent to an activating group) is 1. The van der Waals surface area contributed by atoms with Crippen LogP contribution in [0.5, 0.6) is 0 Å². The van der Waals surface area contributed by atoms with Crippen molar-refractivity contribution in [2.24, 2.45) is 0 Å². The van der Waals surface area contributed by atoms with Crippen LogP contribution in [0.15, 0.2) is 36.4 Å². The van der Waals surface area contributed by atoms with Crippen LogP contribution in [0.3, 0.4) is 0 Å². The van der Waals surface area contributed by atoms with Gasteiger partial charge in [0.1, 0.15) is 0 Å². The second-order valence-corrected chi connectivity index (χ2v) is 9.00. The maximum Gasteiger partial charge on any atom is 0.0529 e. The van der Waals surface area contributed by atoms with Gasteiger partial charge in [-0.2, -0.15) is 0 Å². The largest absolute Gasteiger partial charge is 0.320 e. The van der Waals surface area contributed by atoms with E-state index in [1.54, 1.807) is 5.56 Å². The molecule has 144 valence electrons. The summed E-state index contributed by atoms with van der Waals surface area (Å²) in [5.41, 5.74) is 11.2. The van der Waals surface area contributed by atoms with Crippen LogP contribution >= 0.6 is 0 Å². The van der Waals surface area contributed by atoms with Crippen LogP contribution in [0.4, 0.5) is 0 Å². The maximum atomic E-state index is 2.62. The zero-order valence-electron chi connectivity index (χ0n) is 17.7. The van der Waals surface area contributed by atoms with Crippen LogP contribution in [0.2, 0.25) is 0 Å². The molecule has 28 heavy (non-hydrogen) atoms. The minimum Gasteiger partial charge on any atom is -0.320 e. The third kappa shape index (κ3) is 2.58. The summed E-state index contributed by atoms with van der Waals surface area (Å²) in [5.74, 6) is 0. The van der Waals surface area contributed by atoms with Crippen LogP contribution in [0, 0.1) is 20.8 Å². The molecule has 2 nitrogen and oxygen atoms in total. The van der Waals surface area contributed by atoms with Gasteiger partial charge in [-0.1, -0.05) is 35.4 Å². The van der Waals surface area contributed by atoms with Gasteiger partial charge in [0, 0.05) is 35.8 Å². The number of allylic oxidation sites excluding steroid dienone is 1. The number of benzene rings is 2. The number of hydrogen-bond acceptors (Lipinski definition) is 1. The van der Waals surface area contributed by atoms with E-state index in [2.05, 4.69) is 86.8 Å². The smallest absolute Gasteiger partial charge is 0.0529 e. The van der Waals surface area contributed by atoms with Crippen LogP contribution < -0.4 is 0 Å². The van der Waals surface area contributed by atoms with Gasteiger partial charge in [0.2, 0.25) is 0 Å². The average molecular weight is 371 g/mol. The standard InChI is InChI=1S/C26H30N2/c1-16-6-9-21(18(3)12-16)19(4)15-28-23-10-7-17(2)13-22(23)26-24-11-8-20(27(24)5)14-25(26)28/h6-7,9-10,12-13,15,20,24H,8,11,14H2,1-5H3/b19-15+. The third-order valence-electron chi connectivity index (χ3n) is 7.04. The number of aryl methyl sites for hydroxylation is 3. The molecular formula is C26H30N2. The molecular weight excluding hydrogens is 340 g/mol. The van der Waals surface area contributed by atoms with E-state index in [4.69, 9.17) is 0 Å². The Balaban J connectivity index is 1.73. The van der Waals surface area contributed by atoms with Crippen LogP contribution in [-0.4, -0.2) is 22.6 Å². The lowest BCUT2D eigenvalue weighted by atomic mass is 9.97. The number of hydrogen-bond donors (Lipinski definition) is 0. The molecule has 2 atom stereocenters. The Bertz CT molecular complexity index is 1120. The van der Waals surface area contributed by atoms with Crippen molar-refractivity contribution in [2.45, 2.75) is 59.0 Å². The number of rotatable bonds is 2. The molecule has 2 aromatic carbocycles. The number of nitrogens with zero attached hydrogens (tertiary/aromatic N) is 2. The first kappa shape index (κ1) is 17.8. The predicted molar refractivity (Wildman–Crippen MR) is 120 cm³/mol. The molecule has 2 bridgehead atoms. The fourth-order valence-electron chi connectivity index (χ4n) is 5.58. The molecule has 3 aromatic rings. The van der Waals surface area contributed by atoms with Gasteiger partial charge in [-0.05, 0) is 82.0 Å². The third-order valence-corrected chi connectivity index (χ3v) is 7.04. The molecule has 1 saturated heterocycles. The minimum absolute atomic E-state index is 0.578. The highest BCUT2D eigenvalue weighted by atomic mass is 15.2. The van der Waals surface area contributed by atoms with E-state index in [0.29, 0.717) is 12.1 Å². The number of fused-ring (bicyclic) bond motifs is 6. The van der Waals surface area contributed by atoms with Crippen LogP contribution in [-0.2, 0) is 6.42 Å². The second kappa shape index (κ2) is 6.35. The fourth-order valence-corrected chi connectivity index (χ4v) is 5.58. The van der Waals surface area contributed by atoms with Gasteiger partial charge in [-0.25, -0.2) is 0 Å². The molecule has 1 fully saturated rings. The first-order valence-electron chi connectivity index (χ1n) is 10.6. The van der Waals surface area contributed by atoms with E-state index >= 15 is 0 Å². The minimum atomic E-state index is 0.578. The summed E-state index contributed by atoms with van der Waals surface area (Å²) in [6.07, 6.45) is 6.16. The van der Waals surface area contributed by atoms with E-state index in [1.807, 2.05) is 0 Å². The summed E-state index contributed by atoms with van der Waals surface area (Å²) in [5, 5.41) is 1.46. The molecule has 5 rings (SSSR count). The summed E-state index contributed by atoms with van der Waals surface area (Å²) < 4.78 is 2.51. The fraction of sp³-hybridized carbons (Fsp3) is 0.385. The lowest BCUT2D eigenvalue weighted by molar-refractivity contribution is 0.223. The van der Waals surface area contributed by atoms with Crippen molar-refractivity contribution < 1.29 is 0 Å². The van der Waals surface area contributed by atoms with Crippen LogP contribution in [0.25, 0.3) is 22.7 Å². The van der Waals surface area contributed by atoms with Crippen molar-refractivity contribution >= 4 is 22.7 Å². The molecule has 0 radical (unpaired) electrons. The van der Waals surface area contributed by atoms with Crippen molar-refractivity contribution in [3.8, 4) is 0 Å². The van der Waals surface area contributed by atoms with Crippen molar-refractivity contribution in [3.63, 3.8) is 0 Å². The molecule has 0 spiro atoms. The monoisotopic (exact) mass is 370 g/mol. The highest BCUT2D eigenvalue weighted by Gasteiger charge is 2.40. The molecule has 2 aliphatic heterocycles. The van der Waals surface area contributed by atoms with E-state index in [-0.39, 0.29) is 0 Å². The summed E-state index contributed by atoms with van der Waals surface area (Å²) in [7, 11) is 2.32. The Morgan fingerprint density at radius 1 is 1.00 bits per heavy atom. The quantitative estimate of drug-likeness (QED) is 0.516. The summed E-state index contributed by atoms with van der Waals surface area (Å²) in [4.78, 5) is 2.62. The molecule has 2 aliphatic rings. The van der Waals surface area contributed by atoms with Gasteiger partial charge in [0.05, 0.1) is 5.52 Å². The van der Waals surface area contributed by atoms with Crippen LogP contribution in [0.1, 0.15) is 59.3 Å². The Morgan fingerprint density at radius 2 is 1.75 bits per heavy atom. The Kier molecular flexibility index (Phi) is 4.03. The number of aromatic nitrogens is 1. The summed E-state index contributed by atoms with van der Waals surface area (Å²) >= 11 is 0. The molecule has 0 N–H and O–H groups in total. The highest BCUT2D eigenvalue weighted by molar-refractivity contribution is 5.91. The van der Waals surface area contributed by atoms with Gasteiger partial charge in [0.15, 0.2) is 0 Å². The topological polar surface area (TPSA) is 8.17 Å². The first-order chi connectivity index (χ1) is 13.4. The zero-order valence-corrected chi connectivity index (χ0v) is 17.7. The lowest BCUT2D eigenvalue weighted by Gasteiger charge is -2.32. The Hall–Kier alpha value is -2.32. The SMILES string of the molecule is C/C(=C\n1c2c(c3cc(C)ccc31)C1CCC(C2)N1C)c1ccc(C)cc1C. The Morgan fingerprint density at radius 3 is 2.54 bits per heavy atom. The van der Waals surface area contributed by atoms with Crippen molar-refractivity contribution in [3.05, 3.63) is 69.9 Å². The van der Waals surface area contributed by atoms with Gasteiger partial charge >= 0.3 is 0 Å². The first-order valence-corrected chi connectivity index (χ1v) is 10.6. The van der Waals surface area contributed by atoms with Gasteiger partial charge in [-0.3, -0.25) is 4.90 Å². The molecule has 2 unspecified atom stereocenters. The van der Waals surface area contributed by atoms with E-state index in [9.17, 15) is 0 Å².